The molecule has 14 heavy (non-hydrogen) atoms. The molecule has 1 aromatic heterocycles. The summed E-state index contributed by atoms with van der Waals surface area (Å²) in [5, 5.41) is 8.35. The Morgan fingerprint density at radius 3 is 2.93 bits per heavy atom. The number of amides is 1. The molecule has 0 atom stereocenters. The fourth-order valence-electron chi connectivity index (χ4n) is 0.876. The van der Waals surface area contributed by atoms with E-state index in [9.17, 15) is 9.18 Å². The third-order valence-corrected chi connectivity index (χ3v) is 1.60. The fourth-order valence-corrected chi connectivity index (χ4v) is 0.876. The van der Waals surface area contributed by atoms with Gasteiger partial charge in [-0.05, 0) is 12.1 Å². The highest BCUT2D eigenvalue weighted by molar-refractivity contribution is 5.92. The van der Waals surface area contributed by atoms with E-state index >= 15 is 0 Å². The highest BCUT2D eigenvalue weighted by Crippen LogP contribution is 2.01. The number of nitriles is 1. The molecular formula is C9H8FN3O. The van der Waals surface area contributed by atoms with Crippen LogP contribution in [0, 0.1) is 17.1 Å². The molecular weight excluding hydrogens is 185 g/mol. The number of aromatic nitrogens is 1. The van der Waals surface area contributed by atoms with Crippen LogP contribution in [-0.4, -0.2) is 29.4 Å². The molecule has 0 bridgehead atoms. The van der Waals surface area contributed by atoms with Crippen molar-refractivity contribution in [3.63, 3.8) is 0 Å². The highest BCUT2D eigenvalue weighted by atomic mass is 19.1. The summed E-state index contributed by atoms with van der Waals surface area (Å²) in [4.78, 5) is 16.3. The Morgan fingerprint density at radius 1 is 1.71 bits per heavy atom. The molecule has 0 aliphatic carbocycles. The molecule has 0 unspecified atom stereocenters. The Hall–Kier alpha value is -1.96. The van der Waals surface area contributed by atoms with Crippen LogP contribution in [0.3, 0.4) is 0 Å². The minimum absolute atomic E-state index is 0.0160. The zero-order valence-electron chi connectivity index (χ0n) is 7.57. The van der Waals surface area contributed by atoms with E-state index in [1.54, 1.807) is 0 Å². The second kappa shape index (κ2) is 4.33. The Labute approximate surface area is 80.6 Å². The van der Waals surface area contributed by atoms with Gasteiger partial charge in [0, 0.05) is 7.05 Å². The summed E-state index contributed by atoms with van der Waals surface area (Å²) in [6.45, 7) is -0.0160. The predicted octanol–water partition coefficient (Wildman–Crippen LogP) is 0.816. The Bertz CT molecular complexity index is 369. The molecule has 0 saturated carbocycles. The standard InChI is InChI=1S/C9H8FN3O/c1-13(5-4-11)9(14)8-3-2-7(10)6-12-8/h2-3,6H,5H2,1H3. The van der Waals surface area contributed by atoms with Gasteiger partial charge in [-0.3, -0.25) is 4.79 Å². The lowest BCUT2D eigenvalue weighted by atomic mass is 10.3. The first-order valence-electron chi connectivity index (χ1n) is 3.89. The summed E-state index contributed by atoms with van der Waals surface area (Å²) < 4.78 is 12.5. The zero-order valence-corrected chi connectivity index (χ0v) is 7.57. The van der Waals surface area contributed by atoms with Gasteiger partial charge in [0.15, 0.2) is 0 Å². The van der Waals surface area contributed by atoms with Gasteiger partial charge in [0.1, 0.15) is 18.1 Å². The maximum absolute atomic E-state index is 12.5. The number of carbonyl (C=O) groups excluding carboxylic acids is 1. The van der Waals surface area contributed by atoms with Crippen LogP contribution in [0.1, 0.15) is 10.5 Å². The van der Waals surface area contributed by atoms with E-state index in [-0.39, 0.29) is 12.2 Å². The number of nitrogens with zero attached hydrogens (tertiary/aromatic N) is 3. The zero-order chi connectivity index (χ0) is 10.6. The largest absolute Gasteiger partial charge is 0.327 e. The number of halogens is 1. The molecule has 1 aromatic rings. The predicted molar refractivity (Wildman–Crippen MR) is 46.8 cm³/mol. The van der Waals surface area contributed by atoms with Crippen molar-refractivity contribution < 1.29 is 9.18 Å². The molecule has 0 spiro atoms. The van der Waals surface area contributed by atoms with Crippen molar-refractivity contribution in [2.75, 3.05) is 13.6 Å². The molecule has 0 aliphatic heterocycles. The summed E-state index contributed by atoms with van der Waals surface area (Å²) in [6, 6.07) is 4.27. The molecule has 0 aliphatic rings. The van der Waals surface area contributed by atoms with Gasteiger partial charge in [-0.1, -0.05) is 0 Å². The first kappa shape index (κ1) is 10.1. The lowest BCUT2D eigenvalue weighted by Crippen LogP contribution is -2.27. The normalized spacial score (nSPS) is 9.21. The van der Waals surface area contributed by atoms with Gasteiger partial charge in [-0.2, -0.15) is 5.26 Å². The first-order chi connectivity index (χ1) is 6.65. The maximum Gasteiger partial charge on any atom is 0.273 e. The topological polar surface area (TPSA) is 57.0 Å². The van der Waals surface area contributed by atoms with E-state index in [1.807, 2.05) is 6.07 Å². The van der Waals surface area contributed by atoms with E-state index in [0.29, 0.717) is 0 Å². The molecule has 0 radical (unpaired) electrons. The van der Waals surface area contributed by atoms with Crippen molar-refractivity contribution in [2.24, 2.45) is 0 Å². The molecule has 1 rings (SSSR count). The van der Waals surface area contributed by atoms with Crippen LogP contribution in [0.4, 0.5) is 4.39 Å². The molecule has 0 fully saturated rings. The highest BCUT2D eigenvalue weighted by Gasteiger charge is 2.11. The molecule has 5 heteroatoms. The van der Waals surface area contributed by atoms with Crippen molar-refractivity contribution >= 4 is 5.91 Å². The van der Waals surface area contributed by atoms with Crippen LogP contribution in [0.25, 0.3) is 0 Å². The molecule has 72 valence electrons. The average molecular weight is 193 g/mol. The van der Waals surface area contributed by atoms with Gasteiger partial charge < -0.3 is 4.90 Å². The van der Waals surface area contributed by atoms with Crippen molar-refractivity contribution in [3.05, 3.63) is 29.8 Å². The number of hydrogen-bond acceptors (Lipinski definition) is 3. The number of pyridine rings is 1. The Kier molecular flexibility index (Phi) is 3.13. The minimum atomic E-state index is -0.496. The molecule has 0 aromatic carbocycles. The van der Waals surface area contributed by atoms with Gasteiger partial charge >= 0.3 is 0 Å². The van der Waals surface area contributed by atoms with Gasteiger partial charge in [0.05, 0.1) is 12.3 Å². The van der Waals surface area contributed by atoms with Crippen molar-refractivity contribution in [3.8, 4) is 6.07 Å². The quantitative estimate of drug-likeness (QED) is 0.653. The summed E-state index contributed by atoms with van der Waals surface area (Å²) in [5.41, 5.74) is 0.129. The van der Waals surface area contributed by atoms with Crippen LogP contribution >= 0.6 is 0 Å². The van der Waals surface area contributed by atoms with Crippen LogP contribution < -0.4 is 0 Å². The van der Waals surface area contributed by atoms with Gasteiger partial charge in [-0.15, -0.1) is 0 Å². The molecule has 1 heterocycles. The summed E-state index contributed by atoms with van der Waals surface area (Å²) in [7, 11) is 1.48. The lowest BCUT2D eigenvalue weighted by molar-refractivity contribution is 0.0806. The molecule has 0 saturated heterocycles. The van der Waals surface area contributed by atoms with Gasteiger partial charge in [0.2, 0.25) is 0 Å². The lowest BCUT2D eigenvalue weighted by Gasteiger charge is -2.11. The second-order valence-corrected chi connectivity index (χ2v) is 2.68. The maximum atomic E-state index is 12.5. The fraction of sp³-hybridized carbons (Fsp3) is 0.222. The van der Waals surface area contributed by atoms with Crippen LogP contribution in [0.2, 0.25) is 0 Å². The summed E-state index contributed by atoms with van der Waals surface area (Å²) >= 11 is 0. The minimum Gasteiger partial charge on any atom is -0.327 e. The third kappa shape index (κ3) is 2.26. The summed E-state index contributed by atoms with van der Waals surface area (Å²) in [5.74, 6) is -0.893. The molecule has 1 amide bonds. The monoisotopic (exact) mass is 193 g/mol. The van der Waals surface area contributed by atoms with Crippen LogP contribution in [-0.2, 0) is 0 Å². The average Bonchev–Trinajstić information content (AvgIpc) is 2.18. The Morgan fingerprint density at radius 2 is 2.43 bits per heavy atom. The number of rotatable bonds is 2. The van der Waals surface area contributed by atoms with Gasteiger partial charge in [0.25, 0.3) is 5.91 Å². The smallest absolute Gasteiger partial charge is 0.273 e. The number of carbonyl (C=O) groups is 1. The van der Waals surface area contributed by atoms with Crippen molar-refractivity contribution in [2.45, 2.75) is 0 Å². The van der Waals surface area contributed by atoms with Crippen LogP contribution in [0.5, 0.6) is 0 Å². The van der Waals surface area contributed by atoms with E-state index in [4.69, 9.17) is 5.26 Å². The SMILES string of the molecule is CN(CC#N)C(=O)c1ccc(F)cn1. The van der Waals surface area contributed by atoms with E-state index in [2.05, 4.69) is 4.98 Å². The van der Waals surface area contributed by atoms with Crippen LogP contribution in [0.15, 0.2) is 18.3 Å². The molecule has 4 nitrogen and oxygen atoms in total. The van der Waals surface area contributed by atoms with Gasteiger partial charge in [-0.25, -0.2) is 9.37 Å². The Balaban J connectivity index is 2.80. The second-order valence-electron chi connectivity index (χ2n) is 2.68. The molecule has 0 N–H and O–H groups in total. The summed E-state index contributed by atoms with van der Waals surface area (Å²) in [6.07, 6.45) is 0.966. The van der Waals surface area contributed by atoms with E-state index < -0.39 is 11.7 Å². The van der Waals surface area contributed by atoms with Crippen molar-refractivity contribution in [1.82, 2.24) is 9.88 Å². The van der Waals surface area contributed by atoms with Crippen molar-refractivity contribution in [1.29, 1.82) is 5.26 Å². The van der Waals surface area contributed by atoms with E-state index in [0.717, 1.165) is 12.3 Å². The first-order valence-corrected chi connectivity index (χ1v) is 3.89. The van der Waals surface area contributed by atoms with E-state index in [1.165, 1.54) is 18.0 Å². The number of hydrogen-bond donors (Lipinski definition) is 0. The third-order valence-electron chi connectivity index (χ3n) is 1.60.